The average Bonchev–Trinajstić information content (AvgIpc) is 2.63. The second kappa shape index (κ2) is 6.68. The minimum Gasteiger partial charge on any atom is -0.354 e. The quantitative estimate of drug-likeness (QED) is 0.775. The lowest BCUT2D eigenvalue weighted by Crippen LogP contribution is -2.47. The zero-order chi connectivity index (χ0) is 18.1. The van der Waals surface area contributed by atoms with Crippen molar-refractivity contribution < 1.29 is 9.18 Å². The highest BCUT2D eigenvalue weighted by molar-refractivity contribution is 5.79. The SMILES string of the molecule is O=C1CN(Cc2nc3ccccc3c(=O)n2-c2ccc(F)cc2)CCN1. The Morgan fingerprint density at radius 2 is 1.85 bits per heavy atom. The van der Waals surface area contributed by atoms with Gasteiger partial charge in [-0.05, 0) is 36.4 Å². The first-order valence-electron chi connectivity index (χ1n) is 8.37. The number of para-hydroxylation sites is 1. The van der Waals surface area contributed by atoms with Crippen LogP contribution in [0.15, 0.2) is 53.3 Å². The first-order valence-corrected chi connectivity index (χ1v) is 8.37. The molecule has 1 fully saturated rings. The molecule has 1 aliphatic heterocycles. The summed E-state index contributed by atoms with van der Waals surface area (Å²) >= 11 is 0. The van der Waals surface area contributed by atoms with Crippen molar-refractivity contribution in [2.75, 3.05) is 19.6 Å². The molecule has 0 radical (unpaired) electrons. The molecule has 3 aromatic rings. The van der Waals surface area contributed by atoms with E-state index in [1.165, 1.54) is 16.7 Å². The van der Waals surface area contributed by atoms with E-state index in [2.05, 4.69) is 10.3 Å². The van der Waals surface area contributed by atoms with Gasteiger partial charge in [0, 0.05) is 13.1 Å². The molecule has 0 atom stereocenters. The molecular formula is C19H17FN4O2. The van der Waals surface area contributed by atoms with Gasteiger partial charge in [0.15, 0.2) is 0 Å². The highest BCUT2D eigenvalue weighted by Gasteiger charge is 2.20. The number of benzene rings is 2. The Balaban J connectivity index is 1.86. The van der Waals surface area contributed by atoms with Gasteiger partial charge in [0.05, 0.1) is 29.7 Å². The predicted molar refractivity (Wildman–Crippen MR) is 95.6 cm³/mol. The molecule has 6 nitrogen and oxygen atoms in total. The summed E-state index contributed by atoms with van der Waals surface area (Å²) in [5.41, 5.74) is 0.942. The molecule has 132 valence electrons. The molecule has 7 heteroatoms. The fraction of sp³-hybridized carbons (Fsp3) is 0.211. The first-order chi connectivity index (χ1) is 12.6. The van der Waals surface area contributed by atoms with E-state index < -0.39 is 0 Å². The van der Waals surface area contributed by atoms with Crippen molar-refractivity contribution in [2.45, 2.75) is 6.54 Å². The van der Waals surface area contributed by atoms with Crippen molar-refractivity contribution in [3.8, 4) is 5.69 Å². The molecule has 1 saturated heterocycles. The van der Waals surface area contributed by atoms with Crippen molar-refractivity contribution in [1.29, 1.82) is 0 Å². The number of nitrogens with zero attached hydrogens (tertiary/aromatic N) is 3. The van der Waals surface area contributed by atoms with Gasteiger partial charge in [-0.3, -0.25) is 19.1 Å². The number of carbonyl (C=O) groups excluding carboxylic acids is 1. The van der Waals surface area contributed by atoms with Crippen LogP contribution >= 0.6 is 0 Å². The summed E-state index contributed by atoms with van der Waals surface area (Å²) in [6.45, 7) is 1.85. The summed E-state index contributed by atoms with van der Waals surface area (Å²) in [5, 5.41) is 3.28. The molecular weight excluding hydrogens is 335 g/mol. The lowest BCUT2D eigenvalue weighted by Gasteiger charge is -2.27. The maximum Gasteiger partial charge on any atom is 0.266 e. The summed E-state index contributed by atoms with van der Waals surface area (Å²) < 4.78 is 14.8. The largest absolute Gasteiger partial charge is 0.354 e. The molecule has 1 N–H and O–H groups in total. The monoisotopic (exact) mass is 352 g/mol. The van der Waals surface area contributed by atoms with Crippen molar-refractivity contribution in [3.05, 3.63) is 70.5 Å². The third-order valence-corrected chi connectivity index (χ3v) is 4.41. The maximum absolute atomic E-state index is 13.3. The fourth-order valence-corrected chi connectivity index (χ4v) is 3.17. The second-order valence-corrected chi connectivity index (χ2v) is 6.22. The number of carbonyl (C=O) groups is 1. The molecule has 2 heterocycles. The molecule has 0 spiro atoms. The third kappa shape index (κ3) is 3.09. The van der Waals surface area contributed by atoms with E-state index >= 15 is 0 Å². The Labute approximate surface area is 148 Å². The van der Waals surface area contributed by atoms with E-state index in [1.807, 2.05) is 11.0 Å². The van der Waals surface area contributed by atoms with Crippen LogP contribution in [0.1, 0.15) is 5.82 Å². The standard InChI is InChI=1S/C19H17FN4O2/c20-13-5-7-14(8-6-13)24-17(11-23-10-9-21-18(25)12-23)22-16-4-2-1-3-15(16)19(24)26/h1-8H,9-12H2,(H,21,25). The molecule has 2 aromatic carbocycles. The number of hydrogen-bond donors (Lipinski definition) is 1. The van der Waals surface area contributed by atoms with Gasteiger partial charge in [0.25, 0.3) is 5.56 Å². The van der Waals surface area contributed by atoms with Gasteiger partial charge in [-0.25, -0.2) is 9.37 Å². The number of amides is 1. The van der Waals surface area contributed by atoms with E-state index in [4.69, 9.17) is 0 Å². The van der Waals surface area contributed by atoms with Crippen LogP contribution in [0.4, 0.5) is 4.39 Å². The van der Waals surface area contributed by atoms with Crippen LogP contribution in [0.5, 0.6) is 0 Å². The van der Waals surface area contributed by atoms with Crippen LogP contribution in [0.2, 0.25) is 0 Å². The number of aromatic nitrogens is 2. The molecule has 0 aliphatic carbocycles. The minimum absolute atomic E-state index is 0.0484. The molecule has 0 unspecified atom stereocenters. The van der Waals surface area contributed by atoms with E-state index in [1.54, 1.807) is 30.3 Å². The molecule has 1 aromatic heterocycles. The minimum atomic E-state index is -0.371. The van der Waals surface area contributed by atoms with E-state index in [0.717, 1.165) is 0 Å². The van der Waals surface area contributed by atoms with Gasteiger partial charge in [-0.1, -0.05) is 12.1 Å². The van der Waals surface area contributed by atoms with Gasteiger partial charge in [0.2, 0.25) is 5.91 Å². The van der Waals surface area contributed by atoms with Gasteiger partial charge < -0.3 is 5.32 Å². The summed E-state index contributed by atoms with van der Waals surface area (Å²) in [5.74, 6) is 0.104. The third-order valence-electron chi connectivity index (χ3n) is 4.41. The number of nitrogens with one attached hydrogen (secondary N) is 1. The van der Waals surface area contributed by atoms with Gasteiger partial charge in [-0.15, -0.1) is 0 Å². The van der Waals surface area contributed by atoms with Crippen LogP contribution < -0.4 is 10.9 Å². The molecule has 1 aliphatic rings. The van der Waals surface area contributed by atoms with Crippen molar-refractivity contribution >= 4 is 16.8 Å². The lowest BCUT2D eigenvalue weighted by atomic mass is 10.2. The van der Waals surface area contributed by atoms with Crippen molar-refractivity contribution in [2.24, 2.45) is 0 Å². The molecule has 0 saturated carbocycles. The van der Waals surface area contributed by atoms with E-state index in [9.17, 15) is 14.0 Å². The predicted octanol–water partition coefficient (Wildman–Crippen LogP) is 1.46. The van der Waals surface area contributed by atoms with Gasteiger partial charge in [0.1, 0.15) is 11.6 Å². The Morgan fingerprint density at radius 1 is 1.08 bits per heavy atom. The number of piperazine rings is 1. The van der Waals surface area contributed by atoms with E-state index in [-0.39, 0.29) is 23.8 Å². The zero-order valence-corrected chi connectivity index (χ0v) is 14.0. The maximum atomic E-state index is 13.3. The number of halogens is 1. The van der Waals surface area contributed by atoms with Crippen molar-refractivity contribution in [3.63, 3.8) is 0 Å². The first kappa shape index (κ1) is 16.4. The Kier molecular flexibility index (Phi) is 4.22. The van der Waals surface area contributed by atoms with Crippen LogP contribution in [0.3, 0.4) is 0 Å². The average molecular weight is 352 g/mol. The summed E-state index contributed by atoms with van der Waals surface area (Å²) in [6.07, 6.45) is 0. The second-order valence-electron chi connectivity index (χ2n) is 6.22. The molecule has 4 rings (SSSR count). The lowest BCUT2D eigenvalue weighted by molar-refractivity contribution is -0.124. The number of rotatable bonds is 3. The Morgan fingerprint density at radius 3 is 2.62 bits per heavy atom. The molecule has 1 amide bonds. The van der Waals surface area contributed by atoms with Crippen LogP contribution in [-0.4, -0.2) is 40.0 Å². The van der Waals surface area contributed by atoms with Gasteiger partial charge >= 0.3 is 0 Å². The topological polar surface area (TPSA) is 67.2 Å². The number of fused-ring (bicyclic) bond motifs is 1. The highest BCUT2D eigenvalue weighted by Crippen LogP contribution is 2.15. The van der Waals surface area contributed by atoms with Gasteiger partial charge in [-0.2, -0.15) is 0 Å². The summed E-state index contributed by atoms with van der Waals surface area (Å²) in [6, 6.07) is 12.9. The van der Waals surface area contributed by atoms with Crippen LogP contribution in [0.25, 0.3) is 16.6 Å². The summed E-state index contributed by atoms with van der Waals surface area (Å²) in [4.78, 5) is 31.3. The Hall–Kier alpha value is -3.06. The van der Waals surface area contributed by atoms with E-state index in [0.29, 0.717) is 42.0 Å². The van der Waals surface area contributed by atoms with Crippen molar-refractivity contribution in [1.82, 2.24) is 19.8 Å². The summed E-state index contributed by atoms with van der Waals surface area (Å²) in [7, 11) is 0. The molecule has 26 heavy (non-hydrogen) atoms. The normalized spacial score (nSPS) is 15.2. The van der Waals surface area contributed by atoms with Crippen LogP contribution in [-0.2, 0) is 11.3 Å². The Bertz CT molecular complexity index is 1030. The molecule has 0 bridgehead atoms. The smallest absolute Gasteiger partial charge is 0.266 e. The van der Waals surface area contributed by atoms with Crippen LogP contribution in [0, 0.1) is 5.82 Å². The zero-order valence-electron chi connectivity index (χ0n) is 14.0. The number of hydrogen-bond acceptors (Lipinski definition) is 4. The highest BCUT2D eigenvalue weighted by atomic mass is 19.1. The fourth-order valence-electron chi connectivity index (χ4n) is 3.17.